The van der Waals surface area contributed by atoms with E-state index in [1.54, 1.807) is 13.8 Å². The summed E-state index contributed by atoms with van der Waals surface area (Å²) < 4.78 is 26.6. The highest BCUT2D eigenvalue weighted by Crippen LogP contribution is 2.35. The first kappa shape index (κ1) is 20.5. The van der Waals surface area contributed by atoms with Crippen LogP contribution in [0.1, 0.15) is 75.5 Å². The van der Waals surface area contributed by atoms with Gasteiger partial charge in [-0.25, -0.2) is 13.4 Å². The molecule has 9 heteroatoms. The van der Waals surface area contributed by atoms with Crippen molar-refractivity contribution >= 4 is 15.9 Å². The summed E-state index contributed by atoms with van der Waals surface area (Å²) in [5.74, 6) is 0.780. The molecule has 4 rings (SSSR count). The first-order valence-corrected chi connectivity index (χ1v) is 12.2. The van der Waals surface area contributed by atoms with Crippen LogP contribution in [0, 0.1) is 5.92 Å². The second kappa shape index (κ2) is 7.83. The Kier molecular flexibility index (Phi) is 5.54. The molecule has 1 N–H and O–H groups in total. The van der Waals surface area contributed by atoms with E-state index in [-0.39, 0.29) is 30.0 Å². The predicted octanol–water partition coefficient (Wildman–Crippen LogP) is 1.72. The van der Waals surface area contributed by atoms with Gasteiger partial charge in [0.2, 0.25) is 15.9 Å². The minimum atomic E-state index is -3.41. The Bertz CT molecular complexity index is 952. The number of likely N-dealkylation sites (tertiary alicyclic amines) is 1. The van der Waals surface area contributed by atoms with Crippen molar-refractivity contribution in [3.8, 4) is 0 Å². The molecule has 0 radical (unpaired) electrons. The van der Waals surface area contributed by atoms with Gasteiger partial charge in [-0.1, -0.05) is 6.42 Å². The van der Waals surface area contributed by atoms with E-state index in [1.165, 1.54) is 4.31 Å². The lowest BCUT2D eigenvalue weighted by Gasteiger charge is -2.39. The molecule has 1 amide bonds. The topological polar surface area (TPSA) is 103 Å². The Morgan fingerprint density at radius 1 is 1.14 bits per heavy atom. The number of aromatic nitrogens is 2. The second-order valence-corrected chi connectivity index (χ2v) is 11.2. The predicted molar refractivity (Wildman–Crippen MR) is 109 cm³/mol. The molecule has 1 aromatic heterocycles. The monoisotopic (exact) mass is 422 g/mol. The van der Waals surface area contributed by atoms with Crippen LogP contribution in [0.2, 0.25) is 0 Å². The van der Waals surface area contributed by atoms with E-state index < -0.39 is 15.3 Å². The fourth-order valence-corrected chi connectivity index (χ4v) is 5.72. The number of rotatable bonds is 4. The Hall–Kier alpha value is -1.74. The summed E-state index contributed by atoms with van der Waals surface area (Å²) >= 11 is 0. The van der Waals surface area contributed by atoms with Gasteiger partial charge in [0.15, 0.2) is 0 Å². The van der Waals surface area contributed by atoms with Gasteiger partial charge in [-0.05, 0) is 52.4 Å². The first-order valence-electron chi connectivity index (χ1n) is 10.7. The van der Waals surface area contributed by atoms with Gasteiger partial charge in [0, 0.05) is 24.6 Å². The van der Waals surface area contributed by atoms with Gasteiger partial charge in [0.05, 0.1) is 23.5 Å². The van der Waals surface area contributed by atoms with E-state index >= 15 is 0 Å². The third kappa shape index (κ3) is 3.74. The van der Waals surface area contributed by atoms with Crippen LogP contribution in [0.4, 0.5) is 0 Å². The fraction of sp³-hybridized carbons (Fsp3) is 0.750. The van der Waals surface area contributed by atoms with Gasteiger partial charge in [-0.2, -0.15) is 4.31 Å². The lowest BCUT2D eigenvalue weighted by molar-refractivity contribution is -0.142. The third-order valence-electron chi connectivity index (χ3n) is 6.57. The molecule has 0 aromatic carbocycles. The zero-order valence-electron chi connectivity index (χ0n) is 17.2. The highest BCUT2D eigenvalue weighted by Gasteiger charge is 2.37. The van der Waals surface area contributed by atoms with E-state index in [4.69, 9.17) is 4.98 Å². The van der Waals surface area contributed by atoms with E-state index in [2.05, 4.69) is 4.98 Å². The molecule has 1 atom stereocenters. The van der Waals surface area contributed by atoms with Crippen molar-refractivity contribution in [2.75, 3.05) is 13.1 Å². The molecular formula is C20H30N4O4S. The molecular weight excluding hydrogens is 392 g/mol. The van der Waals surface area contributed by atoms with Gasteiger partial charge in [-0.15, -0.1) is 0 Å². The van der Waals surface area contributed by atoms with Crippen molar-refractivity contribution in [1.29, 1.82) is 0 Å². The number of nitrogens with one attached hydrogen (secondary N) is 1. The molecule has 0 spiro atoms. The minimum absolute atomic E-state index is 0.103. The average molecular weight is 423 g/mol. The molecule has 1 aliphatic carbocycles. The molecule has 1 saturated heterocycles. The van der Waals surface area contributed by atoms with Gasteiger partial charge < -0.3 is 9.88 Å². The van der Waals surface area contributed by atoms with Crippen molar-refractivity contribution in [1.82, 2.24) is 19.2 Å². The molecule has 1 aromatic rings. The Labute approximate surface area is 171 Å². The number of aromatic amines is 1. The number of fused-ring (bicyclic) bond motifs is 1. The van der Waals surface area contributed by atoms with Crippen molar-refractivity contribution < 1.29 is 13.2 Å². The maximum absolute atomic E-state index is 12.9. The standard InChI is InChI=1S/C20H30N4O4S/c1-13(2)29(27,28)23-11-9-15-16(12-23)21-18(22-19(15)25)17-8-3-4-10-24(17)20(26)14-6-5-7-14/h13-14,17H,3-12H2,1-2H3,(H,21,22,25)/t17-/m0/s1. The number of nitrogens with zero attached hydrogens (tertiary/aromatic N) is 3. The van der Waals surface area contributed by atoms with Crippen LogP contribution >= 0.6 is 0 Å². The summed E-state index contributed by atoms with van der Waals surface area (Å²) in [5, 5.41) is -0.514. The molecule has 1 saturated carbocycles. The molecule has 2 fully saturated rings. The first-order chi connectivity index (χ1) is 13.8. The molecule has 3 aliphatic rings. The largest absolute Gasteiger partial charge is 0.332 e. The molecule has 29 heavy (non-hydrogen) atoms. The van der Waals surface area contributed by atoms with Gasteiger partial charge >= 0.3 is 0 Å². The number of carbonyl (C=O) groups excluding carboxylic acids is 1. The van der Waals surface area contributed by atoms with Crippen LogP contribution in [-0.4, -0.2) is 51.8 Å². The number of hydrogen-bond donors (Lipinski definition) is 1. The van der Waals surface area contributed by atoms with Crippen LogP contribution in [0.5, 0.6) is 0 Å². The van der Waals surface area contributed by atoms with Crippen LogP contribution in [0.15, 0.2) is 4.79 Å². The SMILES string of the molecule is CC(C)S(=O)(=O)N1CCc2c(nc([C@@H]3CCCCN3C(=O)C3CCC3)[nH]c2=O)C1. The Balaban J connectivity index is 1.64. The summed E-state index contributed by atoms with van der Waals surface area (Å²) in [6, 6.07) is -0.230. The van der Waals surface area contributed by atoms with Crippen molar-refractivity contribution in [2.45, 2.75) is 76.6 Å². The van der Waals surface area contributed by atoms with E-state index in [0.717, 1.165) is 38.5 Å². The zero-order valence-corrected chi connectivity index (χ0v) is 18.0. The van der Waals surface area contributed by atoms with Gasteiger partial charge in [0.25, 0.3) is 5.56 Å². The van der Waals surface area contributed by atoms with Crippen LogP contribution in [0.25, 0.3) is 0 Å². The lowest BCUT2D eigenvalue weighted by atomic mass is 9.83. The fourth-order valence-electron chi connectivity index (χ4n) is 4.48. The minimum Gasteiger partial charge on any atom is -0.332 e. The lowest BCUT2D eigenvalue weighted by Crippen LogP contribution is -2.45. The number of amides is 1. The molecule has 0 bridgehead atoms. The quantitative estimate of drug-likeness (QED) is 0.796. The van der Waals surface area contributed by atoms with Crippen molar-refractivity contribution in [3.05, 3.63) is 27.4 Å². The maximum atomic E-state index is 12.9. The normalized spacial score (nSPS) is 23.7. The van der Waals surface area contributed by atoms with Crippen LogP contribution in [0.3, 0.4) is 0 Å². The summed E-state index contributed by atoms with van der Waals surface area (Å²) in [7, 11) is -3.41. The molecule has 8 nitrogen and oxygen atoms in total. The molecule has 2 aliphatic heterocycles. The smallest absolute Gasteiger partial charge is 0.254 e. The zero-order chi connectivity index (χ0) is 20.8. The number of sulfonamides is 1. The van der Waals surface area contributed by atoms with Crippen LogP contribution < -0.4 is 5.56 Å². The Morgan fingerprint density at radius 3 is 2.55 bits per heavy atom. The molecule has 160 valence electrons. The molecule has 0 unspecified atom stereocenters. The van der Waals surface area contributed by atoms with Crippen molar-refractivity contribution in [3.63, 3.8) is 0 Å². The highest BCUT2D eigenvalue weighted by atomic mass is 32.2. The van der Waals surface area contributed by atoms with Gasteiger partial charge in [-0.3, -0.25) is 9.59 Å². The average Bonchev–Trinajstić information content (AvgIpc) is 2.66. The Morgan fingerprint density at radius 2 is 1.90 bits per heavy atom. The molecule has 3 heterocycles. The summed E-state index contributed by atoms with van der Waals surface area (Å²) in [6.45, 7) is 4.43. The third-order valence-corrected chi connectivity index (χ3v) is 8.79. The number of H-pyrrole nitrogens is 1. The number of carbonyl (C=O) groups is 1. The number of hydrogen-bond acceptors (Lipinski definition) is 5. The van der Waals surface area contributed by atoms with E-state index in [0.29, 0.717) is 36.6 Å². The summed E-state index contributed by atoms with van der Waals surface area (Å²) in [5.41, 5.74) is 0.894. The maximum Gasteiger partial charge on any atom is 0.254 e. The summed E-state index contributed by atoms with van der Waals surface area (Å²) in [4.78, 5) is 35.1. The van der Waals surface area contributed by atoms with Crippen molar-refractivity contribution in [2.24, 2.45) is 5.92 Å². The van der Waals surface area contributed by atoms with Crippen LogP contribution in [-0.2, 0) is 27.8 Å². The van der Waals surface area contributed by atoms with E-state index in [9.17, 15) is 18.0 Å². The van der Waals surface area contributed by atoms with Gasteiger partial charge in [0.1, 0.15) is 5.82 Å². The number of piperidine rings is 1. The second-order valence-electron chi connectivity index (χ2n) is 8.72. The summed E-state index contributed by atoms with van der Waals surface area (Å²) in [6.07, 6.45) is 6.06. The highest BCUT2D eigenvalue weighted by molar-refractivity contribution is 7.89. The van der Waals surface area contributed by atoms with E-state index in [1.807, 2.05) is 4.90 Å².